The van der Waals surface area contributed by atoms with Crippen LogP contribution in [0.25, 0.3) is 0 Å². The number of rotatable bonds is 5. The minimum atomic E-state index is -1.67. The highest BCUT2D eigenvalue weighted by Gasteiger charge is 2.21. The van der Waals surface area contributed by atoms with Crippen LogP contribution in [0.4, 0.5) is 18.9 Å². The van der Waals surface area contributed by atoms with Crippen LogP contribution in [0.1, 0.15) is 18.0 Å². The first kappa shape index (κ1) is 18.5. The monoisotopic (exact) mass is 352 g/mol. The topological polar surface area (TPSA) is 78.4 Å². The summed E-state index contributed by atoms with van der Waals surface area (Å²) < 4.78 is 39.1. The molecular weight excluding hydrogens is 337 g/mol. The average Bonchev–Trinajstić information content (AvgIpc) is 2.59. The number of amides is 2. The van der Waals surface area contributed by atoms with Crippen molar-refractivity contribution in [1.29, 1.82) is 0 Å². The standard InChI is InChI=1S/C17H15F3N2O3/c18-12-8-11(9-13(19)15(12)20)21-16(24)17(25)22-14(6-7-23)10-4-2-1-3-5-10/h1-5,8-9,14,23H,6-7H2,(H,21,24)(H,22,25). The van der Waals surface area contributed by atoms with Crippen LogP contribution in [-0.4, -0.2) is 23.5 Å². The molecule has 0 fully saturated rings. The number of carbonyl (C=O) groups is 2. The summed E-state index contributed by atoms with van der Waals surface area (Å²) in [7, 11) is 0. The SMILES string of the molecule is O=C(Nc1cc(F)c(F)c(F)c1)C(=O)NC(CCO)c1ccccc1. The molecule has 0 radical (unpaired) electrons. The van der Waals surface area contributed by atoms with Crippen LogP contribution >= 0.6 is 0 Å². The van der Waals surface area contributed by atoms with E-state index in [1.54, 1.807) is 30.3 Å². The summed E-state index contributed by atoms with van der Waals surface area (Å²) in [5, 5.41) is 13.5. The van der Waals surface area contributed by atoms with Gasteiger partial charge in [0.25, 0.3) is 0 Å². The zero-order valence-electron chi connectivity index (χ0n) is 12.9. The average molecular weight is 352 g/mol. The molecule has 0 bridgehead atoms. The van der Waals surface area contributed by atoms with Gasteiger partial charge in [0.05, 0.1) is 6.04 Å². The van der Waals surface area contributed by atoms with Crippen molar-refractivity contribution in [2.45, 2.75) is 12.5 Å². The summed E-state index contributed by atoms with van der Waals surface area (Å²) in [4.78, 5) is 23.8. The van der Waals surface area contributed by atoms with Crippen molar-refractivity contribution < 1.29 is 27.9 Å². The molecule has 25 heavy (non-hydrogen) atoms. The highest BCUT2D eigenvalue weighted by Crippen LogP contribution is 2.18. The Kier molecular flexibility index (Phi) is 6.13. The van der Waals surface area contributed by atoms with E-state index >= 15 is 0 Å². The predicted octanol–water partition coefficient (Wildman–Crippen LogP) is 2.28. The molecule has 0 heterocycles. The molecule has 0 aliphatic heterocycles. The number of aliphatic hydroxyl groups is 1. The molecule has 1 unspecified atom stereocenters. The molecule has 0 spiro atoms. The Morgan fingerprint density at radius 2 is 1.60 bits per heavy atom. The van der Waals surface area contributed by atoms with Gasteiger partial charge in [-0.1, -0.05) is 30.3 Å². The zero-order chi connectivity index (χ0) is 18.4. The van der Waals surface area contributed by atoms with E-state index in [-0.39, 0.29) is 13.0 Å². The summed E-state index contributed by atoms with van der Waals surface area (Å²) in [6.07, 6.45) is 0.169. The van der Waals surface area contributed by atoms with Crippen LogP contribution in [-0.2, 0) is 9.59 Å². The number of hydrogen-bond donors (Lipinski definition) is 3. The fourth-order valence-electron chi connectivity index (χ4n) is 2.18. The summed E-state index contributed by atoms with van der Waals surface area (Å²) in [5.41, 5.74) is 0.284. The fourth-order valence-corrected chi connectivity index (χ4v) is 2.18. The quantitative estimate of drug-likeness (QED) is 0.571. The summed E-state index contributed by atoms with van der Waals surface area (Å²) in [6.45, 7) is -0.226. The van der Waals surface area contributed by atoms with E-state index in [2.05, 4.69) is 5.32 Å². The molecule has 0 aliphatic carbocycles. The highest BCUT2D eigenvalue weighted by molar-refractivity contribution is 6.39. The maximum atomic E-state index is 13.1. The highest BCUT2D eigenvalue weighted by atomic mass is 19.2. The van der Waals surface area contributed by atoms with Crippen molar-refractivity contribution in [3.8, 4) is 0 Å². The Hall–Kier alpha value is -2.87. The van der Waals surface area contributed by atoms with Crippen LogP contribution in [0.2, 0.25) is 0 Å². The number of nitrogens with one attached hydrogen (secondary N) is 2. The summed E-state index contributed by atoms with van der Waals surface area (Å²) >= 11 is 0. The molecule has 0 saturated carbocycles. The van der Waals surface area contributed by atoms with Gasteiger partial charge in [0.2, 0.25) is 0 Å². The molecule has 0 saturated heterocycles. The molecule has 3 N–H and O–H groups in total. The van der Waals surface area contributed by atoms with Crippen molar-refractivity contribution >= 4 is 17.5 Å². The maximum absolute atomic E-state index is 13.1. The van der Waals surface area contributed by atoms with Gasteiger partial charge < -0.3 is 15.7 Å². The van der Waals surface area contributed by atoms with Crippen molar-refractivity contribution in [3.63, 3.8) is 0 Å². The van der Waals surface area contributed by atoms with E-state index in [9.17, 15) is 22.8 Å². The van der Waals surface area contributed by atoms with Gasteiger partial charge in [0.15, 0.2) is 17.5 Å². The Morgan fingerprint density at radius 1 is 1.00 bits per heavy atom. The van der Waals surface area contributed by atoms with E-state index in [1.165, 1.54) is 0 Å². The lowest BCUT2D eigenvalue weighted by Gasteiger charge is -2.18. The first-order valence-electron chi connectivity index (χ1n) is 7.34. The van der Waals surface area contributed by atoms with Crippen molar-refractivity contribution in [2.75, 3.05) is 11.9 Å². The van der Waals surface area contributed by atoms with Crippen molar-refractivity contribution in [3.05, 3.63) is 65.5 Å². The van der Waals surface area contributed by atoms with Crippen LogP contribution < -0.4 is 10.6 Å². The molecule has 0 aromatic heterocycles. The second kappa shape index (κ2) is 8.29. The Morgan fingerprint density at radius 3 is 2.16 bits per heavy atom. The van der Waals surface area contributed by atoms with Crippen LogP contribution in [0.3, 0.4) is 0 Å². The minimum Gasteiger partial charge on any atom is -0.396 e. The third-order valence-corrected chi connectivity index (χ3v) is 3.37. The van der Waals surface area contributed by atoms with Gasteiger partial charge in [-0.25, -0.2) is 13.2 Å². The van der Waals surface area contributed by atoms with Crippen molar-refractivity contribution in [2.24, 2.45) is 0 Å². The number of halogens is 3. The molecule has 8 heteroatoms. The van der Waals surface area contributed by atoms with Crippen LogP contribution in [0.5, 0.6) is 0 Å². The number of hydrogen-bond acceptors (Lipinski definition) is 3. The smallest absolute Gasteiger partial charge is 0.313 e. The van der Waals surface area contributed by atoms with Gasteiger partial charge in [-0.3, -0.25) is 9.59 Å². The van der Waals surface area contributed by atoms with Crippen LogP contribution in [0, 0.1) is 17.5 Å². The number of anilines is 1. The second-order valence-corrected chi connectivity index (χ2v) is 5.16. The van der Waals surface area contributed by atoms with E-state index < -0.39 is 41.0 Å². The predicted molar refractivity (Wildman–Crippen MR) is 84.0 cm³/mol. The third kappa shape index (κ3) is 4.80. The lowest BCUT2D eigenvalue weighted by atomic mass is 10.0. The first-order chi connectivity index (χ1) is 11.9. The largest absolute Gasteiger partial charge is 0.396 e. The van der Waals surface area contributed by atoms with Gasteiger partial charge in [-0.15, -0.1) is 0 Å². The molecule has 5 nitrogen and oxygen atoms in total. The molecule has 1 atom stereocenters. The Balaban J connectivity index is 2.07. The summed E-state index contributed by atoms with van der Waals surface area (Å²) in [5.74, 6) is -6.89. The minimum absolute atomic E-state index is 0.169. The Bertz CT molecular complexity index is 746. The Labute approximate surface area is 141 Å². The molecule has 2 amide bonds. The number of benzene rings is 2. The fraction of sp³-hybridized carbons (Fsp3) is 0.176. The van der Waals surface area contributed by atoms with E-state index in [1.807, 2.05) is 5.32 Å². The molecule has 2 aromatic carbocycles. The zero-order valence-corrected chi connectivity index (χ0v) is 12.9. The van der Waals surface area contributed by atoms with Gasteiger partial charge >= 0.3 is 11.8 Å². The second-order valence-electron chi connectivity index (χ2n) is 5.16. The molecule has 2 aromatic rings. The van der Waals surface area contributed by atoms with E-state index in [0.29, 0.717) is 17.7 Å². The molecule has 0 aliphatic rings. The molecule has 132 valence electrons. The van der Waals surface area contributed by atoms with E-state index in [4.69, 9.17) is 5.11 Å². The number of aliphatic hydroxyl groups excluding tert-OH is 1. The van der Waals surface area contributed by atoms with Crippen molar-refractivity contribution in [1.82, 2.24) is 5.32 Å². The van der Waals surface area contributed by atoms with Gasteiger partial charge in [-0.05, 0) is 12.0 Å². The molecule has 2 rings (SSSR count). The summed E-state index contributed by atoms with van der Waals surface area (Å²) in [6, 6.07) is 9.16. The number of carbonyl (C=O) groups excluding carboxylic acids is 2. The van der Waals surface area contributed by atoms with Crippen LogP contribution in [0.15, 0.2) is 42.5 Å². The van der Waals surface area contributed by atoms with Gasteiger partial charge in [0, 0.05) is 24.4 Å². The lowest BCUT2D eigenvalue weighted by Crippen LogP contribution is -2.38. The van der Waals surface area contributed by atoms with Gasteiger partial charge in [0.1, 0.15) is 0 Å². The van der Waals surface area contributed by atoms with Gasteiger partial charge in [-0.2, -0.15) is 0 Å². The first-order valence-corrected chi connectivity index (χ1v) is 7.34. The lowest BCUT2D eigenvalue weighted by molar-refractivity contribution is -0.136. The molecular formula is C17H15F3N2O3. The third-order valence-electron chi connectivity index (χ3n) is 3.37. The maximum Gasteiger partial charge on any atom is 0.313 e. The van der Waals surface area contributed by atoms with E-state index in [0.717, 1.165) is 0 Å². The normalized spacial score (nSPS) is 11.7.